The number of ether oxygens (including phenoxy) is 1. The highest BCUT2D eigenvalue weighted by Gasteiger charge is 2.26. The van der Waals surface area contributed by atoms with Crippen molar-refractivity contribution >= 4 is 0 Å². The number of aromatic nitrogens is 3. The van der Waals surface area contributed by atoms with Gasteiger partial charge in [-0.05, 0) is 39.1 Å². The van der Waals surface area contributed by atoms with E-state index in [9.17, 15) is 4.39 Å². The van der Waals surface area contributed by atoms with Crippen LogP contribution in [-0.4, -0.2) is 63.9 Å². The first-order valence-electron chi connectivity index (χ1n) is 8.69. The molecule has 2 aromatic rings. The first kappa shape index (κ1) is 17.8. The molecule has 0 unspecified atom stereocenters. The number of benzene rings is 1. The van der Waals surface area contributed by atoms with E-state index in [-0.39, 0.29) is 5.82 Å². The largest absolute Gasteiger partial charge is 0.489 e. The first-order valence-corrected chi connectivity index (χ1v) is 8.69. The van der Waals surface area contributed by atoms with Crippen molar-refractivity contribution in [1.29, 1.82) is 0 Å². The van der Waals surface area contributed by atoms with Crippen LogP contribution in [0.3, 0.4) is 0 Å². The summed E-state index contributed by atoms with van der Waals surface area (Å²) in [5.74, 6) is 1.94. The summed E-state index contributed by atoms with van der Waals surface area (Å²) in [6.07, 6.45) is 1.12. The summed E-state index contributed by atoms with van der Waals surface area (Å²) in [6.45, 7) is 6.09. The number of likely N-dealkylation sites (N-methyl/N-ethyl adjacent to an activating group) is 1. The molecule has 136 valence electrons. The standard InChI is InChI=1S/C18H26FN5O/c1-14-20-21-18(23(14)3)13-22(2)15-8-9-24(12-15)10-11-25-17-7-5-4-6-16(17)19/h4-7,15H,8-13H2,1-3H3/t15-/m0/s1. The predicted molar refractivity (Wildman–Crippen MR) is 93.9 cm³/mol. The molecule has 0 saturated carbocycles. The SMILES string of the molecule is Cc1nnc(CN(C)[C@H]2CCN(CCOc3ccccc3F)C2)n1C. The number of hydrogen-bond donors (Lipinski definition) is 0. The van der Waals surface area contributed by atoms with Gasteiger partial charge in [-0.25, -0.2) is 4.39 Å². The van der Waals surface area contributed by atoms with Crippen LogP contribution in [0.4, 0.5) is 4.39 Å². The molecule has 1 aliphatic rings. The zero-order valence-corrected chi connectivity index (χ0v) is 15.2. The molecular weight excluding hydrogens is 321 g/mol. The van der Waals surface area contributed by atoms with Gasteiger partial charge in [-0.3, -0.25) is 9.80 Å². The van der Waals surface area contributed by atoms with E-state index in [4.69, 9.17) is 4.74 Å². The molecule has 7 heteroatoms. The molecule has 0 bridgehead atoms. The molecule has 1 aromatic heterocycles. The number of halogens is 1. The van der Waals surface area contributed by atoms with Gasteiger partial charge in [0.05, 0.1) is 6.54 Å². The predicted octanol–water partition coefficient (Wildman–Crippen LogP) is 1.85. The second-order valence-corrected chi connectivity index (χ2v) is 6.66. The molecule has 0 spiro atoms. The average molecular weight is 347 g/mol. The van der Waals surface area contributed by atoms with Crippen molar-refractivity contribution in [2.45, 2.75) is 25.9 Å². The van der Waals surface area contributed by atoms with E-state index >= 15 is 0 Å². The Balaban J connectivity index is 1.43. The molecule has 0 amide bonds. The lowest BCUT2D eigenvalue weighted by molar-refractivity contribution is 0.198. The third kappa shape index (κ3) is 4.35. The lowest BCUT2D eigenvalue weighted by Crippen LogP contribution is -2.35. The Morgan fingerprint density at radius 3 is 2.84 bits per heavy atom. The second kappa shape index (κ2) is 7.93. The molecular formula is C18H26FN5O. The number of nitrogens with zero attached hydrogens (tertiary/aromatic N) is 5. The lowest BCUT2D eigenvalue weighted by Gasteiger charge is -2.24. The molecule has 3 rings (SSSR count). The van der Waals surface area contributed by atoms with Crippen LogP contribution in [0.5, 0.6) is 5.75 Å². The van der Waals surface area contributed by atoms with Crippen molar-refractivity contribution in [3.05, 3.63) is 41.7 Å². The van der Waals surface area contributed by atoms with Crippen LogP contribution in [0.15, 0.2) is 24.3 Å². The quantitative estimate of drug-likeness (QED) is 0.765. The average Bonchev–Trinajstić information content (AvgIpc) is 3.19. The highest BCUT2D eigenvalue weighted by Crippen LogP contribution is 2.18. The van der Waals surface area contributed by atoms with Crippen molar-refractivity contribution in [3.63, 3.8) is 0 Å². The Hall–Kier alpha value is -1.99. The maximum atomic E-state index is 13.5. The molecule has 1 saturated heterocycles. The van der Waals surface area contributed by atoms with Gasteiger partial charge < -0.3 is 9.30 Å². The van der Waals surface area contributed by atoms with E-state index < -0.39 is 0 Å². The van der Waals surface area contributed by atoms with Crippen molar-refractivity contribution in [2.75, 3.05) is 33.3 Å². The molecule has 0 aliphatic carbocycles. The molecule has 1 aliphatic heterocycles. The summed E-state index contributed by atoms with van der Waals surface area (Å²) in [6, 6.07) is 7.03. The zero-order chi connectivity index (χ0) is 17.8. The van der Waals surface area contributed by atoms with Gasteiger partial charge in [0.2, 0.25) is 0 Å². The Morgan fingerprint density at radius 1 is 1.32 bits per heavy atom. The van der Waals surface area contributed by atoms with E-state index in [2.05, 4.69) is 27.0 Å². The van der Waals surface area contributed by atoms with E-state index in [1.165, 1.54) is 6.07 Å². The van der Waals surface area contributed by atoms with Crippen LogP contribution in [0.2, 0.25) is 0 Å². The molecule has 0 N–H and O–H groups in total. The summed E-state index contributed by atoms with van der Waals surface area (Å²) in [7, 11) is 4.13. The van der Waals surface area contributed by atoms with Crippen LogP contribution in [-0.2, 0) is 13.6 Å². The van der Waals surface area contributed by atoms with Gasteiger partial charge in [0, 0.05) is 26.2 Å². The Kier molecular flexibility index (Phi) is 5.65. The monoisotopic (exact) mass is 347 g/mol. The van der Waals surface area contributed by atoms with Gasteiger partial charge in [-0.2, -0.15) is 0 Å². The minimum absolute atomic E-state index is 0.305. The van der Waals surface area contributed by atoms with E-state index in [1.54, 1.807) is 18.2 Å². The van der Waals surface area contributed by atoms with Gasteiger partial charge in [-0.1, -0.05) is 12.1 Å². The summed E-state index contributed by atoms with van der Waals surface area (Å²) in [5, 5.41) is 8.36. The fourth-order valence-corrected chi connectivity index (χ4v) is 3.16. The molecule has 25 heavy (non-hydrogen) atoms. The van der Waals surface area contributed by atoms with Crippen LogP contribution in [0, 0.1) is 12.7 Å². The highest BCUT2D eigenvalue weighted by atomic mass is 19.1. The van der Waals surface area contributed by atoms with Crippen LogP contribution in [0.1, 0.15) is 18.1 Å². The maximum Gasteiger partial charge on any atom is 0.165 e. The van der Waals surface area contributed by atoms with Crippen molar-refractivity contribution < 1.29 is 9.13 Å². The van der Waals surface area contributed by atoms with E-state index in [0.29, 0.717) is 18.4 Å². The number of likely N-dealkylation sites (tertiary alicyclic amines) is 1. The first-order chi connectivity index (χ1) is 12.0. The third-order valence-corrected chi connectivity index (χ3v) is 4.95. The van der Waals surface area contributed by atoms with Gasteiger partial charge >= 0.3 is 0 Å². The Bertz CT molecular complexity index is 705. The molecule has 6 nitrogen and oxygen atoms in total. The van der Waals surface area contributed by atoms with Crippen molar-refractivity contribution in [1.82, 2.24) is 24.6 Å². The number of rotatable bonds is 7. The molecule has 1 fully saturated rings. The van der Waals surface area contributed by atoms with Crippen molar-refractivity contribution in [2.24, 2.45) is 7.05 Å². The van der Waals surface area contributed by atoms with Gasteiger partial charge in [0.1, 0.15) is 18.3 Å². The maximum absolute atomic E-state index is 13.5. The second-order valence-electron chi connectivity index (χ2n) is 6.66. The summed E-state index contributed by atoms with van der Waals surface area (Å²) < 4.78 is 21.1. The number of hydrogen-bond acceptors (Lipinski definition) is 5. The summed E-state index contributed by atoms with van der Waals surface area (Å²) >= 11 is 0. The third-order valence-electron chi connectivity index (χ3n) is 4.95. The highest BCUT2D eigenvalue weighted by molar-refractivity contribution is 5.23. The van der Waals surface area contributed by atoms with E-state index in [0.717, 1.165) is 44.2 Å². The summed E-state index contributed by atoms with van der Waals surface area (Å²) in [4.78, 5) is 4.70. The zero-order valence-electron chi connectivity index (χ0n) is 15.2. The molecule has 0 radical (unpaired) electrons. The fourth-order valence-electron chi connectivity index (χ4n) is 3.16. The van der Waals surface area contributed by atoms with Crippen LogP contribution >= 0.6 is 0 Å². The lowest BCUT2D eigenvalue weighted by atomic mass is 10.2. The van der Waals surface area contributed by atoms with Gasteiger partial charge in [0.15, 0.2) is 11.6 Å². The molecule has 1 atom stereocenters. The topological polar surface area (TPSA) is 46.4 Å². The normalized spacial score (nSPS) is 18.2. The number of para-hydroxylation sites is 1. The van der Waals surface area contributed by atoms with Gasteiger partial charge in [-0.15, -0.1) is 10.2 Å². The number of aryl methyl sites for hydroxylation is 1. The Labute approximate surface area is 148 Å². The fraction of sp³-hybridized carbons (Fsp3) is 0.556. The Morgan fingerprint density at radius 2 is 2.12 bits per heavy atom. The van der Waals surface area contributed by atoms with Crippen LogP contribution < -0.4 is 4.74 Å². The van der Waals surface area contributed by atoms with Crippen molar-refractivity contribution in [3.8, 4) is 5.75 Å². The summed E-state index contributed by atoms with van der Waals surface area (Å²) in [5.41, 5.74) is 0. The smallest absolute Gasteiger partial charge is 0.165 e. The molecule has 2 heterocycles. The minimum Gasteiger partial charge on any atom is -0.489 e. The molecule has 1 aromatic carbocycles. The minimum atomic E-state index is -0.305. The van der Waals surface area contributed by atoms with Crippen LogP contribution in [0.25, 0.3) is 0 Å². The van der Waals surface area contributed by atoms with Gasteiger partial charge in [0.25, 0.3) is 0 Å². The van der Waals surface area contributed by atoms with E-state index in [1.807, 2.05) is 18.5 Å².